The van der Waals surface area contributed by atoms with Gasteiger partial charge < -0.3 is 9.47 Å². The van der Waals surface area contributed by atoms with Crippen LogP contribution in [0.5, 0.6) is 0 Å². The molecular formula is C21H22Cl2N2O2Pd. The summed E-state index contributed by atoms with van der Waals surface area (Å²) >= 11 is -0.106. The van der Waals surface area contributed by atoms with Crippen molar-refractivity contribution in [1.29, 1.82) is 0 Å². The molecule has 4 nitrogen and oxygen atoms in total. The zero-order chi connectivity index (χ0) is 20.0. The van der Waals surface area contributed by atoms with Crippen LogP contribution in [0.25, 0.3) is 0 Å². The SMILES string of the molecule is CC(C)(C1=N[C@H](c2ccccc2)CO1)C1=N[C@H](c2ccccc2)CO1.[Cl][Pd][Cl]. The fraction of sp³-hybridized carbons (Fsp3) is 0.333. The molecule has 0 aliphatic carbocycles. The predicted octanol–water partition coefficient (Wildman–Crippen LogP) is 5.73. The van der Waals surface area contributed by atoms with Gasteiger partial charge >= 0.3 is 35.0 Å². The molecule has 0 unspecified atom stereocenters. The van der Waals surface area contributed by atoms with Gasteiger partial charge in [-0.05, 0) is 25.0 Å². The van der Waals surface area contributed by atoms with Gasteiger partial charge in [0.25, 0.3) is 0 Å². The Hall–Kier alpha value is -1.38. The maximum atomic E-state index is 5.93. The average Bonchev–Trinajstić information content (AvgIpc) is 3.41. The molecule has 28 heavy (non-hydrogen) atoms. The minimum atomic E-state index is -0.465. The van der Waals surface area contributed by atoms with E-state index in [0.29, 0.717) is 25.0 Å². The van der Waals surface area contributed by atoms with Crippen LogP contribution in [0.15, 0.2) is 70.6 Å². The van der Waals surface area contributed by atoms with Crippen molar-refractivity contribution in [2.24, 2.45) is 15.4 Å². The number of hydrogen-bond donors (Lipinski definition) is 0. The molecule has 2 aliphatic heterocycles. The van der Waals surface area contributed by atoms with Crippen LogP contribution in [0, 0.1) is 5.41 Å². The molecule has 2 aromatic carbocycles. The van der Waals surface area contributed by atoms with Crippen LogP contribution in [0.3, 0.4) is 0 Å². The normalized spacial score (nSPS) is 21.1. The Kier molecular flexibility index (Phi) is 7.54. The summed E-state index contributed by atoms with van der Waals surface area (Å²) in [6, 6.07) is 20.6. The Morgan fingerprint density at radius 1 is 0.786 bits per heavy atom. The molecule has 0 saturated carbocycles. The van der Waals surface area contributed by atoms with Gasteiger partial charge in [-0.3, -0.25) is 0 Å². The molecule has 0 spiro atoms. The summed E-state index contributed by atoms with van der Waals surface area (Å²) in [6.07, 6.45) is 0. The van der Waals surface area contributed by atoms with Crippen molar-refractivity contribution < 1.29 is 25.4 Å². The van der Waals surface area contributed by atoms with E-state index in [0.717, 1.165) is 0 Å². The molecule has 0 N–H and O–H groups in total. The summed E-state index contributed by atoms with van der Waals surface area (Å²) < 4.78 is 11.9. The van der Waals surface area contributed by atoms with Crippen molar-refractivity contribution >= 4 is 30.9 Å². The van der Waals surface area contributed by atoms with Crippen LogP contribution >= 0.6 is 19.1 Å². The van der Waals surface area contributed by atoms with Crippen molar-refractivity contribution in [3.05, 3.63) is 71.8 Å². The molecule has 0 saturated heterocycles. The number of benzene rings is 2. The van der Waals surface area contributed by atoms with E-state index in [1.54, 1.807) is 0 Å². The van der Waals surface area contributed by atoms with Crippen molar-refractivity contribution in [1.82, 2.24) is 0 Å². The Bertz CT molecular complexity index is 761. The minimum absolute atomic E-state index is 0.0439. The first-order valence-electron chi connectivity index (χ1n) is 8.90. The Morgan fingerprint density at radius 2 is 1.14 bits per heavy atom. The van der Waals surface area contributed by atoms with Gasteiger partial charge in [-0.1, -0.05) is 60.7 Å². The van der Waals surface area contributed by atoms with E-state index in [1.807, 2.05) is 36.4 Å². The maximum absolute atomic E-state index is 5.93. The Morgan fingerprint density at radius 3 is 1.50 bits per heavy atom. The standard InChI is InChI=1S/C21H22N2O2.2ClH.Pd/c1-21(2,19-22-17(13-24-19)15-9-5-3-6-10-15)20-23-18(14-25-20)16-11-7-4-8-12-16;;;/h3-12,17-18H,13-14H2,1-2H3;2*1H;/q;;;+2/p-2/t17-,18-;;;/m0.../s1. The number of ether oxygens (including phenoxy) is 2. The van der Waals surface area contributed by atoms with Crippen LogP contribution < -0.4 is 0 Å². The Balaban J connectivity index is 0.000000706. The van der Waals surface area contributed by atoms with E-state index >= 15 is 0 Å². The summed E-state index contributed by atoms with van der Waals surface area (Å²) in [6.45, 7) is 5.26. The van der Waals surface area contributed by atoms with E-state index in [2.05, 4.69) is 38.1 Å². The van der Waals surface area contributed by atoms with Gasteiger partial charge in [0.15, 0.2) is 11.8 Å². The first kappa shape index (κ1) is 21.3. The van der Waals surface area contributed by atoms with Gasteiger partial charge in [-0.25, -0.2) is 9.98 Å². The van der Waals surface area contributed by atoms with E-state index in [9.17, 15) is 0 Å². The van der Waals surface area contributed by atoms with Crippen molar-refractivity contribution in [3.8, 4) is 0 Å². The predicted molar refractivity (Wildman–Crippen MR) is 111 cm³/mol. The molecule has 0 radical (unpaired) electrons. The molecule has 0 bridgehead atoms. The molecule has 2 heterocycles. The summed E-state index contributed by atoms with van der Waals surface area (Å²) in [5.41, 5.74) is 1.88. The fourth-order valence-corrected chi connectivity index (χ4v) is 3.21. The fourth-order valence-electron chi connectivity index (χ4n) is 3.21. The number of hydrogen-bond acceptors (Lipinski definition) is 4. The second-order valence-electron chi connectivity index (χ2n) is 7.01. The van der Waals surface area contributed by atoms with Crippen LogP contribution in [-0.2, 0) is 25.4 Å². The molecule has 2 atom stereocenters. The molecule has 152 valence electrons. The monoisotopic (exact) mass is 510 g/mol. The average molecular weight is 512 g/mol. The summed E-state index contributed by atoms with van der Waals surface area (Å²) in [4.78, 5) is 9.61. The van der Waals surface area contributed by atoms with Crippen LogP contribution in [0.4, 0.5) is 0 Å². The molecule has 2 aliphatic rings. The molecule has 0 aromatic heterocycles. The van der Waals surface area contributed by atoms with Crippen LogP contribution in [0.2, 0.25) is 0 Å². The van der Waals surface area contributed by atoms with E-state index in [1.165, 1.54) is 11.1 Å². The van der Waals surface area contributed by atoms with E-state index in [-0.39, 0.29) is 28.0 Å². The quantitative estimate of drug-likeness (QED) is 0.492. The van der Waals surface area contributed by atoms with Gasteiger partial charge in [-0.2, -0.15) is 0 Å². The van der Waals surface area contributed by atoms with Crippen molar-refractivity contribution in [2.75, 3.05) is 13.2 Å². The van der Waals surface area contributed by atoms with Crippen LogP contribution in [0.1, 0.15) is 37.1 Å². The number of nitrogens with zero attached hydrogens (tertiary/aromatic N) is 2. The third kappa shape index (κ3) is 4.96. The number of aliphatic imine (C=N–C) groups is 2. The van der Waals surface area contributed by atoms with Gasteiger partial charge in [0.1, 0.15) is 30.7 Å². The summed E-state index contributed by atoms with van der Waals surface area (Å²) in [7, 11) is 9.63. The second-order valence-corrected chi connectivity index (χ2v) is 9.37. The number of halogens is 2. The zero-order valence-electron chi connectivity index (χ0n) is 15.6. The van der Waals surface area contributed by atoms with Gasteiger partial charge in [0.2, 0.25) is 0 Å². The second kappa shape index (κ2) is 9.89. The third-order valence-corrected chi connectivity index (χ3v) is 4.74. The number of rotatable bonds is 4. The van der Waals surface area contributed by atoms with E-state index < -0.39 is 5.41 Å². The van der Waals surface area contributed by atoms with Crippen molar-refractivity contribution in [3.63, 3.8) is 0 Å². The molecule has 2 aromatic rings. The molecule has 4 rings (SSSR count). The summed E-state index contributed by atoms with van der Waals surface area (Å²) in [5, 5.41) is 0. The van der Waals surface area contributed by atoms with Gasteiger partial charge in [0, 0.05) is 0 Å². The molecular weight excluding hydrogens is 490 g/mol. The van der Waals surface area contributed by atoms with Crippen LogP contribution in [-0.4, -0.2) is 25.0 Å². The first-order chi connectivity index (χ1) is 13.6. The first-order valence-corrected chi connectivity index (χ1v) is 12.9. The van der Waals surface area contributed by atoms with Gasteiger partial charge in [0.05, 0.1) is 0 Å². The molecule has 7 heteroatoms. The molecule has 0 amide bonds. The molecule has 0 fully saturated rings. The third-order valence-electron chi connectivity index (χ3n) is 4.74. The Labute approximate surface area is 182 Å². The van der Waals surface area contributed by atoms with Gasteiger partial charge in [-0.15, -0.1) is 0 Å². The zero-order valence-corrected chi connectivity index (χ0v) is 18.7. The summed E-state index contributed by atoms with van der Waals surface area (Å²) in [5.74, 6) is 1.41. The van der Waals surface area contributed by atoms with E-state index in [4.69, 9.17) is 38.5 Å². The topological polar surface area (TPSA) is 43.2 Å². The van der Waals surface area contributed by atoms with Crippen molar-refractivity contribution in [2.45, 2.75) is 25.9 Å².